The zero-order valence-corrected chi connectivity index (χ0v) is 21.1. The topological polar surface area (TPSA) is 103 Å². The maximum Gasteiger partial charge on any atom is 0.261 e. The Kier molecular flexibility index (Phi) is 6.90. The molecule has 3 heterocycles. The number of aromatic nitrogens is 3. The molecule has 1 fully saturated rings. The number of nitrogens with zero attached hydrogens (tertiary/aromatic N) is 4. The van der Waals surface area contributed by atoms with Crippen LogP contribution in [0, 0.1) is 5.82 Å². The van der Waals surface area contributed by atoms with E-state index in [0.29, 0.717) is 71.0 Å². The maximum atomic E-state index is 14.5. The van der Waals surface area contributed by atoms with Crippen molar-refractivity contribution in [3.8, 4) is 11.3 Å². The van der Waals surface area contributed by atoms with Gasteiger partial charge in [0.05, 0.1) is 28.7 Å². The van der Waals surface area contributed by atoms with E-state index in [1.54, 1.807) is 42.6 Å². The summed E-state index contributed by atoms with van der Waals surface area (Å²) in [6, 6.07) is 13.4. The van der Waals surface area contributed by atoms with Crippen LogP contribution in [0.1, 0.15) is 26.7 Å². The van der Waals surface area contributed by atoms with E-state index in [4.69, 9.17) is 0 Å². The lowest BCUT2D eigenvalue weighted by atomic mass is 10.0. The van der Waals surface area contributed by atoms with Crippen molar-refractivity contribution in [2.24, 2.45) is 0 Å². The standard InChI is InChI=1S/C28H28F2N6O2/c1-28(2,30)27(38)35-24-14-20-23(15-25(24)36-11-8-18(37)9-12-36)32-16-33-26(20)34-17-7-10-31-22(13-17)19-5-3-4-6-21(19)29/h3-7,10,13-16,18,37H,8-9,11-12H2,1-2H3,(H,35,38)(H,31,32,33,34). The number of carbonyl (C=O) groups excluding carboxylic acids is 1. The van der Waals surface area contributed by atoms with Crippen molar-refractivity contribution in [3.63, 3.8) is 0 Å². The van der Waals surface area contributed by atoms with Gasteiger partial charge in [-0.05, 0) is 63.1 Å². The van der Waals surface area contributed by atoms with E-state index < -0.39 is 11.6 Å². The Morgan fingerprint density at radius 1 is 1.08 bits per heavy atom. The lowest BCUT2D eigenvalue weighted by molar-refractivity contribution is -0.125. The Bertz CT molecular complexity index is 1480. The van der Waals surface area contributed by atoms with Crippen LogP contribution in [0.3, 0.4) is 0 Å². The summed E-state index contributed by atoms with van der Waals surface area (Å²) in [6.07, 6.45) is 3.80. The quantitative estimate of drug-likeness (QED) is 0.321. The molecule has 1 aliphatic heterocycles. The zero-order valence-electron chi connectivity index (χ0n) is 21.1. The molecule has 10 heteroatoms. The summed E-state index contributed by atoms with van der Waals surface area (Å²) in [5.41, 5.74) is 1.10. The Balaban J connectivity index is 1.54. The summed E-state index contributed by atoms with van der Waals surface area (Å²) >= 11 is 0. The molecule has 38 heavy (non-hydrogen) atoms. The van der Waals surface area contributed by atoms with Crippen molar-refractivity contribution in [2.75, 3.05) is 28.6 Å². The predicted octanol–water partition coefficient (Wildman–Crippen LogP) is 5.22. The Hall–Kier alpha value is -4.18. The molecule has 4 aromatic rings. The van der Waals surface area contributed by atoms with E-state index in [1.807, 2.05) is 11.0 Å². The number of carbonyl (C=O) groups is 1. The number of alkyl halides is 1. The molecule has 0 radical (unpaired) electrons. The van der Waals surface area contributed by atoms with Gasteiger partial charge in [-0.15, -0.1) is 0 Å². The van der Waals surface area contributed by atoms with Crippen LogP contribution < -0.4 is 15.5 Å². The number of piperidine rings is 1. The summed E-state index contributed by atoms with van der Waals surface area (Å²) in [6.45, 7) is 3.57. The molecule has 5 rings (SSSR count). The highest BCUT2D eigenvalue weighted by Gasteiger charge is 2.29. The van der Waals surface area contributed by atoms with Gasteiger partial charge < -0.3 is 20.6 Å². The minimum Gasteiger partial charge on any atom is -0.393 e. The number of anilines is 4. The number of fused-ring (bicyclic) bond motifs is 1. The number of rotatable bonds is 6. The second kappa shape index (κ2) is 10.3. The van der Waals surface area contributed by atoms with Crippen molar-refractivity contribution >= 4 is 39.7 Å². The molecule has 1 saturated heterocycles. The number of hydrogen-bond acceptors (Lipinski definition) is 7. The van der Waals surface area contributed by atoms with Gasteiger partial charge in [-0.1, -0.05) is 12.1 Å². The Morgan fingerprint density at radius 2 is 1.84 bits per heavy atom. The van der Waals surface area contributed by atoms with Gasteiger partial charge in [0.25, 0.3) is 5.91 Å². The summed E-state index contributed by atoms with van der Waals surface area (Å²) < 4.78 is 28.8. The average Bonchev–Trinajstić information content (AvgIpc) is 2.89. The number of benzene rings is 2. The first kappa shape index (κ1) is 25.5. The third kappa shape index (κ3) is 5.40. The first-order valence-electron chi connectivity index (χ1n) is 12.4. The van der Waals surface area contributed by atoms with E-state index in [-0.39, 0.29) is 11.9 Å². The zero-order chi connectivity index (χ0) is 26.9. The first-order valence-corrected chi connectivity index (χ1v) is 12.4. The van der Waals surface area contributed by atoms with Gasteiger partial charge in [0, 0.05) is 35.9 Å². The molecule has 0 bridgehead atoms. The number of pyridine rings is 1. The van der Waals surface area contributed by atoms with E-state index in [1.165, 1.54) is 26.2 Å². The van der Waals surface area contributed by atoms with Crippen molar-refractivity contribution < 1.29 is 18.7 Å². The lowest BCUT2D eigenvalue weighted by Crippen LogP contribution is -2.37. The minimum atomic E-state index is -2.08. The fourth-order valence-electron chi connectivity index (χ4n) is 4.39. The molecule has 1 amide bonds. The number of aliphatic hydroxyl groups excluding tert-OH is 1. The lowest BCUT2D eigenvalue weighted by Gasteiger charge is -2.33. The highest BCUT2D eigenvalue weighted by atomic mass is 19.1. The normalized spacial score (nSPS) is 14.5. The Morgan fingerprint density at radius 3 is 2.58 bits per heavy atom. The second-order valence-electron chi connectivity index (χ2n) is 9.79. The monoisotopic (exact) mass is 518 g/mol. The first-order chi connectivity index (χ1) is 18.2. The molecule has 8 nitrogen and oxygen atoms in total. The van der Waals surface area contributed by atoms with Crippen LogP contribution in [-0.4, -0.2) is 50.8 Å². The van der Waals surface area contributed by atoms with Crippen molar-refractivity contribution in [1.82, 2.24) is 15.0 Å². The predicted molar refractivity (Wildman–Crippen MR) is 144 cm³/mol. The van der Waals surface area contributed by atoms with Gasteiger partial charge in [-0.3, -0.25) is 9.78 Å². The van der Waals surface area contributed by atoms with Crippen LogP contribution in [0.25, 0.3) is 22.2 Å². The molecule has 0 atom stereocenters. The van der Waals surface area contributed by atoms with Gasteiger partial charge in [0.1, 0.15) is 18.0 Å². The molecule has 0 spiro atoms. The number of amides is 1. The van der Waals surface area contributed by atoms with Gasteiger partial charge in [0.15, 0.2) is 5.67 Å². The highest BCUT2D eigenvalue weighted by Crippen LogP contribution is 2.36. The second-order valence-corrected chi connectivity index (χ2v) is 9.79. The Labute approximate surface area is 218 Å². The summed E-state index contributed by atoms with van der Waals surface area (Å²) in [4.78, 5) is 27.8. The van der Waals surface area contributed by atoms with Crippen LogP contribution in [0.5, 0.6) is 0 Å². The molecule has 2 aromatic heterocycles. The largest absolute Gasteiger partial charge is 0.393 e. The molecule has 0 saturated carbocycles. The van der Waals surface area contributed by atoms with E-state index >= 15 is 0 Å². The molecule has 196 valence electrons. The van der Waals surface area contributed by atoms with Crippen LogP contribution >= 0.6 is 0 Å². The summed E-state index contributed by atoms with van der Waals surface area (Å²) in [5.74, 6) is -0.694. The fraction of sp³-hybridized carbons (Fsp3) is 0.286. The maximum absolute atomic E-state index is 14.5. The van der Waals surface area contributed by atoms with Crippen molar-refractivity contribution in [1.29, 1.82) is 0 Å². The fourth-order valence-corrected chi connectivity index (χ4v) is 4.39. The summed E-state index contributed by atoms with van der Waals surface area (Å²) in [5, 5.41) is 16.5. The van der Waals surface area contributed by atoms with Gasteiger partial charge in [-0.25, -0.2) is 18.7 Å². The highest BCUT2D eigenvalue weighted by molar-refractivity contribution is 6.04. The third-order valence-corrected chi connectivity index (χ3v) is 6.52. The molecule has 2 aromatic carbocycles. The van der Waals surface area contributed by atoms with Crippen molar-refractivity contribution in [3.05, 3.63) is 66.9 Å². The van der Waals surface area contributed by atoms with Crippen molar-refractivity contribution in [2.45, 2.75) is 38.5 Å². The minimum absolute atomic E-state index is 0.373. The van der Waals surface area contributed by atoms with E-state index in [9.17, 15) is 18.7 Å². The van der Waals surface area contributed by atoms with E-state index in [2.05, 4.69) is 25.6 Å². The van der Waals surface area contributed by atoms with Crippen LogP contribution in [0.2, 0.25) is 0 Å². The number of halogens is 2. The van der Waals surface area contributed by atoms with Crippen LogP contribution in [0.15, 0.2) is 61.1 Å². The van der Waals surface area contributed by atoms with Gasteiger partial charge in [-0.2, -0.15) is 0 Å². The molecular formula is C28H28F2N6O2. The van der Waals surface area contributed by atoms with Crippen LogP contribution in [0.4, 0.5) is 31.7 Å². The van der Waals surface area contributed by atoms with Gasteiger partial charge >= 0.3 is 0 Å². The summed E-state index contributed by atoms with van der Waals surface area (Å²) in [7, 11) is 0. The number of aliphatic hydroxyl groups is 1. The molecule has 3 N–H and O–H groups in total. The third-order valence-electron chi connectivity index (χ3n) is 6.52. The number of hydrogen-bond donors (Lipinski definition) is 3. The molecule has 1 aliphatic rings. The average molecular weight is 519 g/mol. The SMILES string of the molecule is CC(C)(F)C(=O)Nc1cc2c(Nc3ccnc(-c4ccccc4F)c3)ncnc2cc1N1CCC(O)CC1. The van der Waals surface area contributed by atoms with E-state index in [0.717, 1.165) is 0 Å². The molecular weight excluding hydrogens is 490 g/mol. The molecule has 0 unspecified atom stereocenters. The molecule has 0 aliphatic carbocycles. The van der Waals surface area contributed by atoms with Gasteiger partial charge in [0.2, 0.25) is 0 Å². The van der Waals surface area contributed by atoms with Crippen LogP contribution in [-0.2, 0) is 4.79 Å². The smallest absolute Gasteiger partial charge is 0.261 e. The number of nitrogens with one attached hydrogen (secondary N) is 2.